The fourth-order valence-electron chi connectivity index (χ4n) is 3.89. The predicted molar refractivity (Wildman–Crippen MR) is 108 cm³/mol. The third kappa shape index (κ3) is 3.02. The highest BCUT2D eigenvalue weighted by atomic mass is 19.2. The van der Waals surface area contributed by atoms with Crippen LogP contribution in [0.4, 0.5) is 13.2 Å². The molecule has 0 aliphatic rings. The summed E-state index contributed by atoms with van der Waals surface area (Å²) >= 11 is 0. The van der Waals surface area contributed by atoms with Crippen molar-refractivity contribution in [1.29, 1.82) is 0 Å². The van der Waals surface area contributed by atoms with Gasteiger partial charge in [-0.3, -0.25) is 0 Å². The van der Waals surface area contributed by atoms with Gasteiger partial charge in [0.15, 0.2) is 11.6 Å². The van der Waals surface area contributed by atoms with E-state index in [0.29, 0.717) is 28.2 Å². The first-order valence-corrected chi connectivity index (χ1v) is 9.17. The van der Waals surface area contributed by atoms with Crippen molar-refractivity contribution in [3.63, 3.8) is 0 Å². The Morgan fingerprint density at radius 1 is 0.935 bits per heavy atom. The summed E-state index contributed by atoms with van der Waals surface area (Å²) in [7, 11) is 4.48. The fraction of sp³-hybridized carbons (Fsp3) is 0.130. The first-order chi connectivity index (χ1) is 14.8. The maximum Gasteiger partial charge on any atom is 0.337 e. The van der Waals surface area contributed by atoms with Gasteiger partial charge in [-0.2, -0.15) is 4.57 Å². The van der Waals surface area contributed by atoms with Gasteiger partial charge in [-0.05, 0) is 30.3 Å². The van der Waals surface area contributed by atoms with Gasteiger partial charge in [0.05, 0.1) is 36.8 Å². The number of carboxylic acids is 1. The van der Waals surface area contributed by atoms with Gasteiger partial charge in [-0.15, -0.1) is 0 Å². The molecule has 0 radical (unpaired) electrons. The molecule has 4 aromatic rings. The summed E-state index contributed by atoms with van der Waals surface area (Å²) in [6, 6.07) is 9.28. The van der Waals surface area contributed by atoms with E-state index in [1.165, 1.54) is 26.4 Å². The Hall–Kier alpha value is -3.81. The molecule has 1 heterocycles. The average Bonchev–Trinajstić information content (AvgIpc) is 2.76. The van der Waals surface area contributed by atoms with Crippen LogP contribution in [-0.2, 0) is 7.05 Å². The second-order valence-electron chi connectivity index (χ2n) is 6.88. The third-order valence-electron chi connectivity index (χ3n) is 5.31. The molecule has 0 saturated carbocycles. The number of hydrogen-bond acceptors (Lipinski definition) is 3. The van der Waals surface area contributed by atoms with Crippen molar-refractivity contribution in [1.82, 2.24) is 0 Å². The lowest BCUT2D eigenvalue weighted by Gasteiger charge is -2.15. The number of benzene rings is 3. The van der Waals surface area contributed by atoms with Gasteiger partial charge < -0.3 is 14.6 Å². The molecule has 31 heavy (non-hydrogen) atoms. The molecular formula is C23H17F3NO4+. The smallest absolute Gasteiger partial charge is 0.337 e. The van der Waals surface area contributed by atoms with Crippen molar-refractivity contribution < 1.29 is 37.1 Å². The van der Waals surface area contributed by atoms with Crippen LogP contribution in [0.2, 0.25) is 0 Å². The first-order valence-electron chi connectivity index (χ1n) is 9.17. The number of hydrogen-bond donors (Lipinski definition) is 1. The van der Waals surface area contributed by atoms with Crippen LogP contribution in [0.25, 0.3) is 32.9 Å². The number of rotatable bonds is 4. The van der Waals surface area contributed by atoms with E-state index in [-0.39, 0.29) is 22.3 Å². The van der Waals surface area contributed by atoms with Crippen molar-refractivity contribution >= 4 is 27.8 Å². The highest BCUT2D eigenvalue weighted by Gasteiger charge is 2.29. The summed E-state index contributed by atoms with van der Waals surface area (Å²) in [5, 5.41) is 10.5. The van der Waals surface area contributed by atoms with Crippen LogP contribution < -0.4 is 14.0 Å². The fourth-order valence-corrected chi connectivity index (χ4v) is 3.89. The summed E-state index contributed by atoms with van der Waals surface area (Å²) < 4.78 is 55.3. The molecule has 1 N–H and O–H groups in total. The Bertz CT molecular complexity index is 1390. The van der Waals surface area contributed by atoms with E-state index in [0.717, 1.165) is 6.07 Å². The van der Waals surface area contributed by atoms with Gasteiger partial charge in [-0.1, -0.05) is 0 Å². The summed E-state index contributed by atoms with van der Waals surface area (Å²) in [5.41, 5.74) is 0.173. The molecule has 1 aromatic heterocycles. The lowest BCUT2D eigenvalue weighted by molar-refractivity contribution is -0.617. The van der Waals surface area contributed by atoms with Gasteiger partial charge in [0.25, 0.3) is 0 Å². The summed E-state index contributed by atoms with van der Waals surface area (Å²) in [5.74, 6) is -4.41. The number of carbonyl (C=O) groups is 1. The molecule has 0 saturated heterocycles. The van der Waals surface area contributed by atoms with E-state index in [1.807, 2.05) is 0 Å². The maximum absolute atomic E-state index is 14.5. The zero-order valence-electron chi connectivity index (χ0n) is 16.8. The van der Waals surface area contributed by atoms with Gasteiger partial charge >= 0.3 is 5.97 Å². The molecule has 0 aliphatic heterocycles. The molecule has 0 atom stereocenters. The minimum Gasteiger partial charge on any atom is -0.497 e. The number of ether oxygens (including phenoxy) is 2. The van der Waals surface area contributed by atoms with E-state index in [2.05, 4.69) is 0 Å². The zero-order valence-corrected chi connectivity index (χ0v) is 16.8. The van der Waals surface area contributed by atoms with Crippen LogP contribution in [0.3, 0.4) is 0 Å². The van der Waals surface area contributed by atoms with E-state index in [9.17, 15) is 23.1 Å². The number of carboxylic acid groups (broad SMARTS) is 1. The monoisotopic (exact) mass is 428 g/mol. The van der Waals surface area contributed by atoms with Crippen LogP contribution in [0.1, 0.15) is 10.4 Å². The largest absolute Gasteiger partial charge is 0.497 e. The highest BCUT2D eigenvalue weighted by molar-refractivity contribution is 6.15. The number of aryl methyl sites for hydroxylation is 1. The van der Waals surface area contributed by atoms with E-state index in [1.54, 1.807) is 29.8 Å². The van der Waals surface area contributed by atoms with Crippen LogP contribution >= 0.6 is 0 Å². The number of aromatic carboxylic acids is 1. The number of fused-ring (bicyclic) bond motifs is 2. The standard InChI is InChI=1S/C23H16F3NO4/c1-27-16-9-6-13(18-14(24)7-8-15(25)21(18)26)22(31-3)20(16)19(23(28)29)12-5-4-11(30-2)10-17(12)27/h4-10H,1-3H3/p+1. The Balaban J connectivity index is 2.23. The Kier molecular flexibility index (Phi) is 4.93. The summed E-state index contributed by atoms with van der Waals surface area (Å²) in [4.78, 5) is 12.3. The van der Waals surface area contributed by atoms with Crippen LogP contribution in [0, 0.1) is 17.5 Å². The van der Waals surface area contributed by atoms with Gasteiger partial charge in [0.1, 0.15) is 29.8 Å². The lowest BCUT2D eigenvalue weighted by Crippen LogP contribution is -2.31. The van der Waals surface area contributed by atoms with Crippen molar-refractivity contribution in [2.24, 2.45) is 7.05 Å². The second-order valence-corrected chi connectivity index (χ2v) is 6.88. The average molecular weight is 428 g/mol. The Labute approximate surface area is 174 Å². The van der Waals surface area contributed by atoms with E-state index >= 15 is 0 Å². The number of pyridine rings is 1. The molecular weight excluding hydrogens is 411 g/mol. The number of aromatic nitrogens is 1. The number of methoxy groups -OCH3 is 2. The summed E-state index contributed by atoms with van der Waals surface area (Å²) in [6.45, 7) is 0. The Morgan fingerprint density at radius 2 is 1.65 bits per heavy atom. The van der Waals surface area contributed by atoms with Crippen molar-refractivity contribution in [2.45, 2.75) is 0 Å². The van der Waals surface area contributed by atoms with Crippen molar-refractivity contribution in [2.75, 3.05) is 14.2 Å². The molecule has 5 nitrogen and oxygen atoms in total. The van der Waals surface area contributed by atoms with Crippen molar-refractivity contribution in [3.05, 3.63) is 65.5 Å². The number of halogens is 3. The minimum atomic E-state index is -1.38. The number of nitrogens with zero attached hydrogens (tertiary/aromatic N) is 1. The van der Waals surface area contributed by atoms with Gasteiger partial charge in [0, 0.05) is 11.6 Å². The van der Waals surface area contributed by atoms with Crippen LogP contribution in [-0.4, -0.2) is 25.3 Å². The second kappa shape index (κ2) is 7.46. The third-order valence-corrected chi connectivity index (χ3v) is 5.31. The SMILES string of the molecule is COc1ccc2c(C(=O)O)c3c(OC)c(-c4c(F)ccc(F)c4F)ccc3[n+](C)c2c1. The molecule has 0 aliphatic carbocycles. The highest BCUT2D eigenvalue weighted by Crippen LogP contribution is 2.42. The molecule has 0 bridgehead atoms. The maximum atomic E-state index is 14.5. The topological polar surface area (TPSA) is 59.6 Å². The predicted octanol–water partition coefficient (Wildman–Crippen LogP) is 4.62. The van der Waals surface area contributed by atoms with Crippen LogP contribution in [0.15, 0.2) is 42.5 Å². The van der Waals surface area contributed by atoms with Crippen molar-refractivity contribution in [3.8, 4) is 22.6 Å². The molecule has 8 heteroatoms. The van der Waals surface area contributed by atoms with Crippen LogP contribution in [0.5, 0.6) is 11.5 Å². The van der Waals surface area contributed by atoms with Gasteiger partial charge in [-0.25, -0.2) is 18.0 Å². The lowest BCUT2D eigenvalue weighted by atomic mass is 9.95. The molecule has 0 unspecified atom stereocenters. The molecule has 158 valence electrons. The zero-order chi connectivity index (χ0) is 22.4. The Morgan fingerprint density at radius 3 is 2.29 bits per heavy atom. The quantitative estimate of drug-likeness (QED) is 0.293. The molecule has 4 rings (SSSR count). The first kappa shape index (κ1) is 20.5. The molecule has 3 aromatic carbocycles. The summed E-state index contributed by atoms with van der Waals surface area (Å²) in [6.07, 6.45) is 0. The normalized spacial score (nSPS) is 11.2. The molecule has 0 spiro atoms. The minimum absolute atomic E-state index is 0.0772. The molecule has 0 amide bonds. The van der Waals surface area contributed by atoms with E-state index < -0.39 is 29.0 Å². The van der Waals surface area contributed by atoms with Gasteiger partial charge in [0.2, 0.25) is 11.0 Å². The molecule has 0 fully saturated rings. The van der Waals surface area contributed by atoms with E-state index in [4.69, 9.17) is 9.47 Å².